The van der Waals surface area contributed by atoms with Crippen LogP contribution in [0.4, 0.5) is 28.9 Å². The number of halogens is 4. The third kappa shape index (κ3) is 3.11. The Bertz CT molecular complexity index is 1100. The second kappa shape index (κ2) is 6.20. The van der Waals surface area contributed by atoms with Gasteiger partial charge in [0.1, 0.15) is 5.82 Å². The van der Waals surface area contributed by atoms with E-state index in [9.17, 15) is 30.8 Å². The Morgan fingerprint density at radius 1 is 1.00 bits per heavy atom. The summed E-state index contributed by atoms with van der Waals surface area (Å²) in [6.07, 6.45) is -3.77. The number of nitrogens with one attached hydrogen (secondary N) is 1. The highest BCUT2D eigenvalue weighted by molar-refractivity contribution is 7.92. The van der Waals surface area contributed by atoms with Gasteiger partial charge >= 0.3 is 6.18 Å². The van der Waals surface area contributed by atoms with E-state index in [-0.39, 0.29) is 22.9 Å². The van der Waals surface area contributed by atoms with Gasteiger partial charge in [0.2, 0.25) is 5.91 Å². The second-order valence-corrected chi connectivity index (χ2v) is 8.37. The van der Waals surface area contributed by atoms with E-state index in [0.29, 0.717) is 42.6 Å². The third-order valence-corrected chi connectivity index (χ3v) is 6.22. The maximum atomic E-state index is 13.4. The Kier molecular flexibility index (Phi) is 4.14. The molecule has 0 saturated carbocycles. The Morgan fingerprint density at radius 3 is 2.36 bits per heavy atom. The van der Waals surface area contributed by atoms with Crippen molar-refractivity contribution in [2.24, 2.45) is 0 Å². The van der Waals surface area contributed by atoms with Crippen LogP contribution in [0, 0.1) is 5.82 Å². The SMILES string of the molecule is O=C1CCc2cc(S(=O)(=O)Nc3ccc(F)c(C(F)(F)F)c3)cc3c2N1CC3. The topological polar surface area (TPSA) is 66.5 Å². The minimum atomic E-state index is -4.95. The number of carbonyl (C=O) groups excluding carboxylic acids is 1. The summed E-state index contributed by atoms with van der Waals surface area (Å²) in [6, 6.07) is 4.77. The van der Waals surface area contributed by atoms with Crippen LogP contribution in [0.2, 0.25) is 0 Å². The van der Waals surface area contributed by atoms with Gasteiger partial charge in [0.25, 0.3) is 10.0 Å². The Morgan fingerprint density at radius 2 is 1.68 bits per heavy atom. The van der Waals surface area contributed by atoms with Gasteiger partial charge in [-0.25, -0.2) is 12.8 Å². The van der Waals surface area contributed by atoms with Gasteiger partial charge in [0.15, 0.2) is 0 Å². The molecule has 0 spiro atoms. The van der Waals surface area contributed by atoms with Crippen LogP contribution in [-0.2, 0) is 33.8 Å². The summed E-state index contributed by atoms with van der Waals surface area (Å²) in [4.78, 5) is 13.5. The van der Waals surface area contributed by atoms with Crippen LogP contribution < -0.4 is 9.62 Å². The second-order valence-electron chi connectivity index (χ2n) is 6.68. The van der Waals surface area contributed by atoms with Crippen molar-refractivity contribution in [1.82, 2.24) is 0 Å². The number of alkyl halides is 3. The highest BCUT2D eigenvalue weighted by Gasteiger charge is 2.35. The molecule has 2 aromatic rings. The van der Waals surface area contributed by atoms with Crippen LogP contribution in [0.5, 0.6) is 0 Å². The van der Waals surface area contributed by atoms with E-state index in [1.165, 1.54) is 12.1 Å². The smallest absolute Gasteiger partial charge is 0.312 e. The molecule has 2 heterocycles. The van der Waals surface area contributed by atoms with E-state index < -0.39 is 27.6 Å². The standard InChI is InChI=1S/C18H14F4N2O3S/c19-15-3-2-12(9-14(15)18(20,21)22)23-28(26,27)13-7-10-1-4-16(25)24-6-5-11(8-13)17(10)24/h2-3,7-9,23H,1,4-6H2. The lowest BCUT2D eigenvalue weighted by molar-refractivity contribution is -0.139. The number of carbonyl (C=O) groups is 1. The van der Waals surface area contributed by atoms with Crippen LogP contribution in [-0.4, -0.2) is 20.9 Å². The Hall–Kier alpha value is -2.62. The van der Waals surface area contributed by atoms with Gasteiger partial charge in [-0.05, 0) is 54.3 Å². The van der Waals surface area contributed by atoms with Crippen molar-refractivity contribution in [3.63, 3.8) is 0 Å². The van der Waals surface area contributed by atoms with Gasteiger partial charge < -0.3 is 4.90 Å². The molecule has 0 saturated heterocycles. The van der Waals surface area contributed by atoms with Crippen LogP contribution >= 0.6 is 0 Å². The zero-order chi connectivity index (χ0) is 20.3. The first-order valence-electron chi connectivity index (χ1n) is 8.42. The van der Waals surface area contributed by atoms with Crippen LogP contribution in [0.15, 0.2) is 35.2 Å². The van der Waals surface area contributed by atoms with E-state index >= 15 is 0 Å². The van der Waals surface area contributed by atoms with Gasteiger partial charge in [-0.15, -0.1) is 0 Å². The predicted molar refractivity (Wildman–Crippen MR) is 93.0 cm³/mol. The number of benzene rings is 2. The normalized spacial score (nSPS) is 16.3. The number of aryl methyl sites for hydroxylation is 1. The van der Waals surface area contributed by atoms with E-state index in [1.54, 1.807) is 4.90 Å². The van der Waals surface area contributed by atoms with Gasteiger partial charge in [0.05, 0.1) is 16.1 Å². The molecule has 1 amide bonds. The molecule has 0 aliphatic carbocycles. The molecule has 4 rings (SSSR count). The van der Waals surface area contributed by atoms with Gasteiger partial charge in [-0.1, -0.05) is 0 Å². The van der Waals surface area contributed by atoms with Crippen LogP contribution in [0.1, 0.15) is 23.1 Å². The molecular weight excluding hydrogens is 400 g/mol. The lowest BCUT2D eigenvalue weighted by Gasteiger charge is -2.25. The van der Waals surface area contributed by atoms with Crippen molar-refractivity contribution in [3.05, 3.63) is 52.8 Å². The molecule has 5 nitrogen and oxygen atoms in total. The molecule has 0 unspecified atom stereocenters. The molecular formula is C18H14F4N2O3S. The molecule has 2 aliphatic heterocycles. The van der Waals surface area contributed by atoms with Crippen molar-refractivity contribution >= 4 is 27.3 Å². The number of anilines is 2. The molecule has 148 valence electrons. The fourth-order valence-electron chi connectivity index (χ4n) is 3.60. The van der Waals surface area contributed by atoms with Crippen LogP contribution in [0.25, 0.3) is 0 Å². The van der Waals surface area contributed by atoms with E-state index in [1.807, 2.05) is 0 Å². The summed E-state index contributed by atoms with van der Waals surface area (Å²) in [5, 5.41) is 0. The molecule has 2 aliphatic rings. The largest absolute Gasteiger partial charge is 0.419 e. The van der Waals surface area contributed by atoms with E-state index in [2.05, 4.69) is 4.72 Å². The fraction of sp³-hybridized carbons (Fsp3) is 0.278. The molecule has 1 N–H and O–H groups in total. The number of rotatable bonds is 3. The number of nitrogens with zero attached hydrogens (tertiary/aromatic N) is 1. The summed E-state index contributed by atoms with van der Waals surface area (Å²) < 4.78 is 79.5. The maximum absolute atomic E-state index is 13.4. The maximum Gasteiger partial charge on any atom is 0.419 e. The molecule has 28 heavy (non-hydrogen) atoms. The van der Waals surface area contributed by atoms with Crippen molar-refractivity contribution in [2.45, 2.75) is 30.3 Å². The summed E-state index contributed by atoms with van der Waals surface area (Å²) in [5.74, 6) is -1.49. The summed E-state index contributed by atoms with van der Waals surface area (Å²) in [5.41, 5.74) is 0.216. The molecule has 0 atom stereocenters. The highest BCUT2D eigenvalue weighted by atomic mass is 32.2. The number of amides is 1. The number of hydrogen-bond donors (Lipinski definition) is 1. The van der Waals surface area contributed by atoms with Crippen molar-refractivity contribution in [1.29, 1.82) is 0 Å². The molecule has 10 heteroatoms. The first-order chi connectivity index (χ1) is 13.1. The van der Waals surface area contributed by atoms with Crippen molar-refractivity contribution in [2.75, 3.05) is 16.2 Å². The number of hydrogen-bond acceptors (Lipinski definition) is 3. The third-order valence-electron chi connectivity index (χ3n) is 4.86. The molecule has 0 bridgehead atoms. The van der Waals surface area contributed by atoms with E-state index in [4.69, 9.17) is 0 Å². The summed E-state index contributed by atoms with van der Waals surface area (Å²) in [7, 11) is -4.19. The minimum absolute atomic E-state index is 0.00836. The molecule has 0 aromatic heterocycles. The first kappa shape index (κ1) is 18.7. The van der Waals surface area contributed by atoms with Gasteiger partial charge in [0, 0.05) is 18.7 Å². The average molecular weight is 414 g/mol. The Labute approximate surface area is 158 Å². The average Bonchev–Trinajstić information content (AvgIpc) is 3.04. The lowest BCUT2D eigenvalue weighted by Crippen LogP contribution is -2.33. The zero-order valence-electron chi connectivity index (χ0n) is 14.3. The minimum Gasteiger partial charge on any atom is -0.312 e. The summed E-state index contributed by atoms with van der Waals surface area (Å²) >= 11 is 0. The number of sulfonamides is 1. The molecule has 0 radical (unpaired) electrons. The summed E-state index contributed by atoms with van der Waals surface area (Å²) in [6.45, 7) is 0.477. The lowest BCUT2D eigenvalue weighted by atomic mass is 10.00. The first-order valence-corrected chi connectivity index (χ1v) is 9.90. The monoisotopic (exact) mass is 414 g/mol. The van der Waals surface area contributed by atoms with Gasteiger partial charge in [-0.3, -0.25) is 9.52 Å². The van der Waals surface area contributed by atoms with Crippen LogP contribution in [0.3, 0.4) is 0 Å². The molecule has 0 fully saturated rings. The molecule has 2 aromatic carbocycles. The zero-order valence-corrected chi connectivity index (χ0v) is 15.1. The predicted octanol–water partition coefficient (Wildman–Crippen LogP) is 3.48. The van der Waals surface area contributed by atoms with Gasteiger partial charge in [-0.2, -0.15) is 13.2 Å². The fourth-order valence-corrected chi connectivity index (χ4v) is 4.75. The highest BCUT2D eigenvalue weighted by Crippen LogP contribution is 2.39. The van der Waals surface area contributed by atoms with Crippen molar-refractivity contribution in [3.8, 4) is 0 Å². The van der Waals surface area contributed by atoms with E-state index in [0.717, 1.165) is 11.8 Å². The Balaban J connectivity index is 1.70. The quantitative estimate of drug-likeness (QED) is 0.782. The van der Waals surface area contributed by atoms with Crippen molar-refractivity contribution < 1.29 is 30.8 Å².